The number of carbonyl (C=O) groups is 1. The Morgan fingerprint density at radius 1 is 1.20 bits per heavy atom. The Hall–Kier alpha value is -3.72. The predicted octanol–water partition coefficient (Wildman–Crippen LogP) is 3.45. The van der Waals surface area contributed by atoms with Crippen molar-refractivity contribution in [3.8, 4) is 11.1 Å². The molecule has 0 radical (unpaired) electrons. The number of nitrogens with zero attached hydrogens (tertiary/aromatic N) is 3. The molecule has 0 unspecified atom stereocenters. The first kappa shape index (κ1) is 19.6. The van der Waals surface area contributed by atoms with Gasteiger partial charge in [0.25, 0.3) is 0 Å². The van der Waals surface area contributed by atoms with Gasteiger partial charge < -0.3 is 9.84 Å². The van der Waals surface area contributed by atoms with Gasteiger partial charge in [0.15, 0.2) is 0 Å². The van der Waals surface area contributed by atoms with Crippen molar-refractivity contribution in [2.24, 2.45) is 0 Å². The number of nitrogens with one attached hydrogen (secondary N) is 1. The van der Waals surface area contributed by atoms with Crippen LogP contribution in [0.5, 0.6) is 0 Å². The average Bonchev–Trinajstić information content (AvgIpc) is 3.21. The van der Waals surface area contributed by atoms with E-state index in [-0.39, 0.29) is 42.9 Å². The summed E-state index contributed by atoms with van der Waals surface area (Å²) >= 11 is 0. The maximum absolute atomic E-state index is 12.5. The average molecular weight is 408 g/mol. The van der Waals surface area contributed by atoms with Crippen LogP contribution in [0.25, 0.3) is 11.1 Å². The Labute approximate surface area is 172 Å². The monoisotopic (exact) mass is 408 g/mol. The summed E-state index contributed by atoms with van der Waals surface area (Å²) in [5.41, 5.74) is 4.17. The molecular formula is C21H20N4O5. The number of aromatic nitrogens is 2. The zero-order chi connectivity index (χ0) is 21.3. The number of amides is 1. The minimum Gasteiger partial charge on any atom is -0.448 e. The van der Waals surface area contributed by atoms with Crippen LogP contribution in [0, 0.1) is 17.0 Å². The number of ether oxygens (including phenoxy) is 1. The summed E-state index contributed by atoms with van der Waals surface area (Å²) in [7, 11) is 0. The number of aryl methyl sites for hydroxylation is 1. The van der Waals surface area contributed by atoms with Crippen LogP contribution in [0.1, 0.15) is 22.7 Å². The quantitative estimate of drug-likeness (QED) is 0.476. The summed E-state index contributed by atoms with van der Waals surface area (Å²) in [5.74, 6) is -0.231. The maximum Gasteiger partial charge on any atom is 0.413 e. The van der Waals surface area contributed by atoms with E-state index in [0.29, 0.717) is 0 Å². The third-order valence-electron chi connectivity index (χ3n) is 5.15. The van der Waals surface area contributed by atoms with Gasteiger partial charge in [0.05, 0.1) is 18.1 Å². The third kappa shape index (κ3) is 3.39. The summed E-state index contributed by atoms with van der Waals surface area (Å²) in [6, 6.07) is 15.9. The number of nitro groups is 1. The number of anilines is 1. The first-order chi connectivity index (χ1) is 14.5. The lowest BCUT2D eigenvalue weighted by Crippen LogP contribution is -2.21. The lowest BCUT2D eigenvalue weighted by atomic mass is 9.98. The molecule has 0 saturated carbocycles. The van der Waals surface area contributed by atoms with Gasteiger partial charge in [-0.15, -0.1) is 0 Å². The van der Waals surface area contributed by atoms with E-state index in [1.807, 2.05) is 48.5 Å². The molecule has 4 rings (SSSR count). The van der Waals surface area contributed by atoms with Crippen molar-refractivity contribution in [2.75, 3.05) is 18.5 Å². The van der Waals surface area contributed by atoms with E-state index in [1.54, 1.807) is 0 Å². The smallest absolute Gasteiger partial charge is 0.413 e. The SMILES string of the molecule is Cc1nn(CCO)c(NC(=O)OCC2c3ccccc3-c3ccccc32)c1[N+](=O)[O-]. The molecular weight excluding hydrogens is 388 g/mol. The van der Waals surface area contributed by atoms with E-state index in [0.717, 1.165) is 22.3 Å². The number of hydrogen-bond acceptors (Lipinski definition) is 6. The molecule has 1 heterocycles. The number of hydrogen-bond donors (Lipinski definition) is 2. The Morgan fingerprint density at radius 2 is 1.80 bits per heavy atom. The molecule has 0 saturated heterocycles. The molecule has 0 spiro atoms. The first-order valence-corrected chi connectivity index (χ1v) is 9.46. The fourth-order valence-corrected chi connectivity index (χ4v) is 3.90. The molecule has 2 N–H and O–H groups in total. The first-order valence-electron chi connectivity index (χ1n) is 9.46. The van der Waals surface area contributed by atoms with Gasteiger partial charge in [-0.25, -0.2) is 9.48 Å². The second-order valence-corrected chi connectivity index (χ2v) is 6.94. The topological polar surface area (TPSA) is 120 Å². The van der Waals surface area contributed by atoms with E-state index in [2.05, 4.69) is 10.4 Å². The summed E-state index contributed by atoms with van der Waals surface area (Å²) in [5, 5.41) is 27.0. The van der Waals surface area contributed by atoms with Gasteiger partial charge in [-0.2, -0.15) is 5.10 Å². The normalized spacial score (nSPS) is 12.3. The summed E-state index contributed by atoms with van der Waals surface area (Å²) in [6.45, 7) is 1.28. The van der Waals surface area contributed by atoms with Crippen LogP contribution in [-0.2, 0) is 11.3 Å². The second-order valence-electron chi connectivity index (χ2n) is 6.94. The minimum absolute atomic E-state index is 0.00761. The summed E-state index contributed by atoms with van der Waals surface area (Å²) < 4.78 is 6.63. The zero-order valence-corrected chi connectivity index (χ0v) is 16.2. The largest absolute Gasteiger partial charge is 0.448 e. The summed E-state index contributed by atoms with van der Waals surface area (Å²) in [4.78, 5) is 23.2. The molecule has 2 aromatic carbocycles. The van der Waals surface area contributed by atoms with E-state index in [1.165, 1.54) is 11.6 Å². The standard InChI is InChI=1S/C21H20N4O5/c1-13-19(25(28)29)20(24(23-13)10-11-26)22-21(27)30-12-18-16-8-4-2-6-14(16)15-7-3-5-9-17(15)18/h2-9,18,26H,10-12H2,1H3,(H,22,27). The molecule has 0 bridgehead atoms. The van der Waals surface area contributed by atoms with Gasteiger partial charge >= 0.3 is 11.8 Å². The van der Waals surface area contributed by atoms with Crippen LogP contribution in [0.2, 0.25) is 0 Å². The van der Waals surface area contributed by atoms with Gasteiger partial charge in [-0.05, 0) is 29.2 Å². The molecule has 0 atom stereocenters. The Bertz CT molecular complexity index is 1080. The van der Waals surface area contributed by atoms with Crippen LogP contribution in [-0.4, -0.2) is 39.1 Å². The molecule has 1 aliphatic rings. The molecule has 1 aromatic heterocycles. The van der Waals surface area contributed by atoms with Gasteiger partial charge in [0.2, 0.25) is 5.82 Å². The predicted molar refractivity (Wildman–Crippen MR) is 109 cm³/mol. The highest BCUT2D eigenvalue weighted by Gasteiger charge is 2.30. The molecule has 1 amide bonds. The highest BCUT2D eigenvalue weighted by atomic mass is 16.6. The molecule has 9 heteroatoms. The van der Waals surface area contributed by atoms with Gasteiger partial charge in [-0.3, -0.25) is 15.4 Å². The number of rotatable bonds is 6. The molecule has 1 aliphatic carbocycles. The van der Waals surface area contributed by atoms with Crippen molar-refractivity contribution in [1.29, 1.82) is 0 Å². The maximum atomic E-state index is 12.5. The van der Waals surface area contributed by atoms with Crippen LogP contribution < -0.4 is 5.32 Å². The molecule has 9 nitrogen and oxygen atoms in total. The second kappa shape index (κ2) is 7.96. The Balaban J connectivity index is 1.54. The van der Waals surface area contributed by atoms with Crippen molar-refractivity contribution in [2.45, 2.75) is 19.4 Å². The molecule has 0 aliphatic heterocycles. The van der Waals surface area contributed by atoms with Crippen molar-refractivity contribution in [3.05, 3.63) is 75.5 Å². The van der Waals surface area contributed by atoms with Crippen molar-refractivity contribution in [3.63, 3.8) is 0 Å². The van der Waals surface area contributed by atoms with E-state index >= 15 is 0 Å². The number of aliphatic hydroxyl groups excluding tert-OH is 1. The summed E-state index contributed by atoms with van der Waals surface area (Å²) in [6.07, 6.45) is -0.820. The molecule has 0 fully saturated rings. The van der Waals surface area contributed by atoms with E-state index in [9.17, 15) is 20.0 Å². The van der Waals surface area contributed by atoms with E-state index in [4.69, 9.17) is 4.74 Å². The Kier molecular flexibility index (Phi) is 5.20. The number of benzene rings is 2. The van der Waals surface area contributed by atoms with Gasteiger partial charge in [0.1, 0.15) is 12.3 Å². The number of aliphatic hydroxyl groups is 1. The van der Waals surface area contributed by atoms with Crippen LogP contribution in [0.15, 0.2) is 48.5 Å². The number of fused-ring (bicyclic) bond motifs is 3. The lowest BCUT2D eigenvalue weighted by molar-refractivity contribution is -0.384. The lowest BCUT2D eigenvalue weighted by Gasteiger charge is -2.14. The van der Waals surface area contributed by atoms with Crippen molar-refractivity contribution >= 4 is 17.6 Å². The van der Waals surface area contributed by atoms with Crippen molar-refractivity contribution in [1.82, 2.24) is 9.78 Å². The van der Waals surface area contributed by atoms with Gasteiger partial charge in [-0.1, -0.05) is 48.5 Å². The molecule has 30 heavy (non-hydrogen) atoms. The van der Waals surface area contributed by atoms with E-state index < -0.39 is 11.0 Å². The van der Waals surface area contributed by atoms with Gasteiger partial charge in [0, 0.05) is 5.92 Å². The third-order valence-corrected chi connectivity index (χ3v) is 5.15. The van der Waals surface area contributed by atoms with Crippen molar-refractivity contribution < 1.29 is 19.6 Å². The van der Waals surface area contributed by atoms with Crippen LogP contribution in [0.4, 0.5) is 16.3 Å². The highest BCUT2D eigenvalue weighted by Crippen LogP contribution is 2.44. The fraction of sp³-hybridized carbons (Fsp3) is 0.238. The Morgan fingerprint density at radius 3 is 2.37 bits per heavy atom. The number of carbonyl (C=O) groups excluding carboxylic acids is 1. The molecule has 154 valence electrons. The highest BCUT2D eigenvalue weighted by molar-refractivity contribution is 5.87. The minimum atomic E-state index is -0.820. The zero-order valence-electron chi connectivity index (χ0n) is 16.2. The van der Waals surface area contributed by atoms with Crippen LogP contribution in [0.3, 0.4) is 0 Å². The fourth-order valence-electron chi connectivity index (χ4n) is 3.90. The van der Waals surface area contributed by atoms with Crippen LogP contribution >= 0.6 is 0 Å². The molecule has 3 aromatic rings.